The van der Waals surface area contributed by atoms with Crippen LogP contribution in [0.5, 0.6) is 0 Å². The molecule has 9 heteroatoms. The lowest BCUT2D eigenvalue weighted by Crippen LogP contribution is -2.48. The molecule has 1 amide bonds. The molecule has 2 aromatic rings. The van der Waals surface area contributed by atoms with Crippen molar-refractivity contribution in [3.63, 3.8) is 0 Å². The SMILES string of the molecule is CCCN(C(=O)OCc1ccc(F)c(F)c1)C1CCN(C[C@H]2CC(NC(CC(C)C)C(=O)O)C[C@@H]2c2ccccc2)CC1. The van der Waals surface area contributed by atoms with E-state index in [2.05, 4.69) is 48.3 Å². The van der Waals surface area contributed by atoms with E-state index in [0.717, 1.165) is 63.9 Å². The first-order chi connectivity index (χ1) is 20.6. The van der Waals surface area contributed by atoms with Crippen LogP contribution in [0.4, 0.5) is 13.6 Å². The van der Waals surface area contributed by atoms with E-state index in [1.54, 1.807) is 4.90 Å². The first-order valence-electron chi connectivity index (χ1n) is 15.8. The number of nitrogens with one attached hydrogen (secondary N) is 1. The third kappa shape index (κ3) is 9.22. The Morgan fingerprint density at radius 2 is 1.79 bits per heavy atom. The number of nitrogens with zero attached hydrogens (tertiary/aromatic N) is 2. The maximum Gasteiger partial charge on any atom is 0.410 e. The van der Waals surface area contributed by atoms with Gasteiger partial charge in [-0.1, -0.05) is 57.2 Å². The van der Waals surface area contributed by atoms with E-state index >= 15 is 0 Å². The topological polar surface area (TPSA) is 82.1 Å². The number of hydrogen-bond acceptors (Lipinski definition) is 5. The van der Waals surface area contributed by atoms with Crippen LogP contribution in [0.3, 0.4) is 0 Å². The molecule has 1 saturated carbocycles. The zero-order chi connectivity index (χ0) is 30.9. The fourth-order valence-corrected chi connectivity index (χ4v) is 6.83. The van der Waals surface area contributed by atoms with Crippen LogP contribution in [0.1, 0.15) is 76.3 Å². The number of benzene rings is 2. The summed E-state index contributed by atoms with van der Waals surface area (Å²) >= 11 is 0. The number of ether oxygens (including phenoxy) is 1. The number of rotatable bonds is 13. The molecule has 1 saturated heterocycles. The summed E-state index contributed by atoms with van der Waals surface area (Å²) in [7, 11) is 0. The number of amides is 1. The van der Waals surface area contributed by atoms with E-state index in [1.165, 1.54) is 11.6 Å². The van der Waals surface area contributed by atoms with Gasteiger partial charge in [-0.2, -0.15) is 0 Å². The Morgan fingerprint density at radius 3 is 2.42 bits per heavy atom. The highest BCUT2D eigenvalue weighted by Gasteiger charge is 2.39. The highest BCUT2D eigenvalue weighted by Crippen LogP contribution is 2.41. The Kier molecular flexibility index (Phi) is 11.9. The van der Waals surface area contributed by atoms with Crippen molar-refractivity contribution in [2.45, 2.75) is 89.9 Å². The van der Waals surface area contributed by atoms with Gasteiger partial charge in [0.1, 0.15) is 12.6 Å². The van der Waals surface area contributed by atoms with Crippen LogP contribution in [0.2, 0.25) is 0 Å². The second-order valence-corrected chi connectivity index (χ2v) is 12.7. The highest BCUT2D eigenvalue weighted by molar-refractivity contribution is 5.73. The molecule has 4 atom stereocenters. The first kappa shape index (κ1) is 32.9. The number of hydrogen-bond donors (Lipinski definition) is 2. The fourth-order valence-electron chi connectivity index (χ4n) is 6.83. The minimum Gasteiger partial charge on any atom is -0.480 e. The predicted molar refractivity (Wildman–Crippen MR) is 163 cm³/mol. The molecule has 0 aromatic heterocycles. The molecule has 1 heterocycles. The summed E-state index contributed by atoms with van der Waals surface area (Å²) in [4.78, 5) is 29.3. The van der Waals surface area contributed by atoms with Gasteiger partial charge in [0.2, 0.25) is 0 Å². The van der Waals surface area contributed by atoms with Crippen LogP contribution < -0.4 is 5.32 Å². The molecule has 2 aromatic carbocycles. The van der Waals surface area contributed by atoms with Gasteiger partial charge in [-0.15, -0.1) is 0 Å². The van der Waals surface area contributed by atoms with E-state index in [0.29, 0.717) is 36.3 Å². The molecule has 2 N–H and O–H groups in total. The molecule has 4 rings (SSSR count). The van der Waals surface area contributed by atoms with E-state index in [4.69, 9.17) is 4.74 Å². The Morgan fingerprint density at radius 1 is 1.07 bits per heavy atom. The Labute approximate surface area is 254 Å². The van der Waals surface area contributed by atoms with Crippen LogP contribution in [-0.4, -0.2) is 71.3 Å². The van der Waals surface area contributed by atoms with Crippen LogP contribution >= 0.6 is 0 Å². The number of halogens is 2. The molecule has 0 bridgehead atoms. The number of piperidine rings is 1. The van der Waals surface area contributed by atoms with Crippen molar-refractivity contribution in [3.8, 4) is 0 Å². The van der Waals surface area contributed by atoms with Crippen molar-refractivity contribution in [3.05, 3.63) is 71.3 Å². The molecule has 1 aliphatic heterocycles. The molecule has 0 radical (unpaired) electrons. The summed E-state index contributed by atoms with van der Waals surface area (Å²) in [6.45, 7) is 9.26. The van der Waals surface area contributed by atoms with Gasteiger partial charge < -0.3 is 25.0 Å². The maximum atomic E-state index is 13.6. The Balaban J connectivity index is 1.34. The summed E-state index contributed by atoms with van der Waals surface area (Å²) in [5, 5.41) is 13.3. The highest BCUT2D eigenvalue weighted by atomic mass is 19.2. The molecule has 1 aliphatic carbocycles. The fraction of sp³-hybridized carbons (Fsp3) is 0.588. The third-order valence-electron chi connectivity index (χ3n) is 8.90. The average Bonchev–Trinajstić information content (AvgIpc) is 3.38. The number of carboxylic acids is 1. The summed E-state index contributed by atoms with van der Waals surface area (Å²) in [6, 6.07) is 13.7. The third-order valence-corrected chi connectivity index (χ3v) is 8.90. The first-order valence-corrected chi connectivity index (χ1v) is 15.8. The van der Waals surface area contributed by atoms with Gasteiger partial charge >= 0.3 is 12.1 Å². The molecule has 0 spiro atoms. The molecule has 236 valence electrons. The van der Waals surface area contributed by atoms with Gasteiger partial charge in [-0.3, -0.25) is 4.79 Å². The summed E-state index contributed by atoms with van der Waals surface area (Å²) < 4.78 is 32.3. The lowest BCUT2D eigenvalue weighted by molar-refractivity contribution is -0.140. The molecule has 2 unspecified atom stereocenters. The zero-order valence-electron chi connectivity index (χ0n) is 25.7. The second kappa shape index (κ2) is 15.6. The van der Waals surface area contributed by atoms with Gasteiger partial charge in [0.25, 0.3) is 0 Å². The van der Waals surface area contributed by atoms with Gasteiger partial charge in [-0.25, -0.2) is 13.6 Å². The van der Waals surface area contributed by atoms with Gasteiger partial charge in [0.15, 0.2) is 11.6 Å². The second-order valence-electron chi connectivity index (χ2n) is 12.7. The van der Waals surface area contributed by atoms with Crippen molar-refractivity contribution in [1.82, 2.24) is 15.1 Å². The van der Waals surface area contributed by atoms with Crippen LogP contribution in [0.15, 0.2) is 48.5 Å². The number of carboxylic acid groups (broad SMARTS) is 1. The van der Waals surface area contributed by atoms with Crippen LogP contribution in [-0.2, 0) is 16.1 Å². The smallest absolute Gasteiger partial charge is 0.410 e. The summed E-state index contributed by atoms with van der Waals surface area (Å²) in [6.07, 6.45) is 4.50. The van der Waals surface area contributed by atoms with Crippen molar-refractivity contribution in [1.29, 1.82) is 0 Å². The largest absolute Gasteiger partial charge is 0.480 e. The number of carbonyl (C=O) groups excluding carboxylic acids is 1. The molecule has 2 fully saturated rings. The van der Waals surface area contributed by atoms with Crippen molar-refractivity contribution in [2.24, 2.45) is 11.8 Å². The molecular formula is C34H47F2N3O4. The van der Waals surface area contributed by atoms with E-state index < -0.39 is 29.7 Å². The summed E-state index contributed by atoms with van der Waals surface area (Å²) in [5.41, 5.74) is 1.72. The Hall–Kier alpha value is -3.04. The lowest BCUT2D eigenvalue weighted by atomic mass is 9.88. The maximum absolute atomic E-state index is 13.6. The normalized spacial score (nSPS) is 22.0. The quantitative estimate of drug-likeness (QED) is 0.276. The predicted octanol–water partition coefficient (Wildman–Crippen LogP) is 6.43. The van der Waals surface area contributed by atoms with E-state index in [9.17, 15) is 23.5 Å². The van der Waals surface area contributed by atoms with Crippen molar-refractivity contribution >= 4 is 12.1 Å². The lowest BCUT2D eigenvalue weighted by Gasteiger charge is -2.39. The number of carbonyl (C=O) groups is 2. The Bertz CT molecular complexity index is 1190. The standard InChI is InChI=1S/C34H47F2N3O4/c1-4-14-39(34(42)43-22-24-10-11-30(35)31(36)18-24)28-12-15-38(16-13-28)21-26-19-27(37-32(33(40)41)17-23(2)3)20-29(26)25-8-6-5-7-9-25/h5-11,18,23,26-29,32,37H,4,12-17,19-22H2,1-3H3,(H,40,41)/t26-,27?,29-,32?/m1/s1. The monoisotopic (exact) mass is 599 g/mol. The van der Waals surface area contributed by atoms with Crippen molar-refractivity contribution in [2.75, 3.05) is 26.2 Å². The molecule has 7 nitrogen and oxygen atoms in total. The molecule has 2 aliphatic rings. The van der Waals surface area contributed by atoms with Crippen LogP contribution in [0, 0.1) is 23.5 Å². The molecule has 43 heavy (non-hydrogen) atoms. The van der Waals surface area contributed by atoms with Crippen LogP contribution in [0.25, 0.3) is 0 Å². The van der Waals surface area contributed by atoms with E-state index in [-0.39, 0.29) is 18.7 Å². The summed E-state index contributed by atoms with van der Waals surface area (Å²) in [5.74, 6) is -1.61. The minimum absolute atomic E-state index is 0.0592. The number of likely N-dealkylation sites (tertiary alicyclic amines) is 1. The average molecular weight is 600 g/mol. The molecular weight excluding hydrogens is 552 g/mol. The zero-order valence-corrected chi connectivity index (χ0v) is 25.7. The van der Waals surface area contributed by atoms with E-state index in [1.807, 2.05) is 13.0 Å². The van der Waals surface area contributed by atoms with Gasteiger partial charge in [-0.05, 0) is 79.5 Å². The van der Waals surface area contributed by atoms with Gasteiger partial charge in [0, 0.05) is 38.3 Å². The minimum atomic E-state index is -0.956. The van der Waals surface area contributed by atoms with Crippen molar-refractivity contribution < 1.29 is 28.2 Å². The van der Waals surface area contributed by atoms with Gasteiger partial charge in [0.05, 0.1) is 0 Å². The number of aliphatic carboxylic acids is 1.